The molecular formula is C27H19F2N3O4. The van der Waals surface area contributed by atoms with Crippen LogP contribution >= 0.6 is 0 Å². The van der Waals surface area contributed by atoms with Gasteiger partial charge < -0.3 is 14.7 Å². The van der Waals surface area contributed by atoms with E-state index in [1.165, 1.54) is 48.5 Å². The Kier molecular flexibility index (Phi) is 6.36. The smallest absolute Gasteiger partial charge is 0.355 e. The van der Waals surface area contributed by atoms with Gasteiger partial charge in [-0.3, -0.25) is 4.79 Å². The molecule has 5 rings (SSSR count). The van der Waals surface area contributed by atoms with E-state index in [9.17, 15) is 18.4 Å². The molecule has 1 aromatic heterocycles. The van der Waals surface area contributed by atoms with Crippen LogP contribution in [0.4, 0.5) is 14.5 Å². The number of hydrogen-bond acceptors (Lipinski definition) is 6. The van der Waals surface area contributed by atoms with Gasteiger partial charge in [-0.2, -0.15) is 0 Å². The number of oxime groups is 1. The summed E-state index contributed by atoms with van der Waals surface area (Å²) in [6.45, 7) is 0. The lowest BCUT2D eigenvalue weighted by atomic mass is 9.92. The van der Waals surface area contributed by atoms with Gasteiger partial charge in [0.2, 0.25) is 0 Å². The van der Waals surface area contributed by atoms with E-state index in [4.69, 9.17) is 9.36 Å². The highest BCUT2D eigenvalue weighted by Gasteiger charge is 2.27. The second-order valence-corrected chi connectivity index (χ2v) is 8.09. The Bertz CT molecular complexity index is 1480. The normalized spacial score (nSPS) is 13.8. The van der Waals surface area contributed by atoms with Crippen LogP contribution in [-0.4, -0.2) is 22.7 Å². The van der Waals surface area contributed by atoms with Crippen molar-refractivity contribution in [1.82, 2.24) is 5.16 Å². The highest BCUT2D eigenvalue weighted by Crippen LogP contribution is 2.32. The molecule has 180 valence electrons. The molecule has 0 bridgehead atoms. The second-order valence-electron chi connectivity index (χ2n) is 8.09. The minimum atomic E-state index is -0.807. The van der Waals surface area contributed by atoms with Gasteiger partial charge in [0.05, 0.1) is 33.8 Å². The fourth-order valence-electron chi connectivity index (χ4n) is 3.98. The molecule has 0 unspecified atom stereocenters. The Morgan fingerprint density at radius 3 is 2.42 bits per heavy atom. The van der Waals surface area contributed by atoms with Crippen LogP contribution in [0, 0.1) is 11.6 Å². The molecule has 0 aliphatic heterocycles. The lowest BCUT2D eigenvalue weighted by Crippen LogP contribution is -2.17. The zero-order valence-corrected chi connectivity index (χ0v) is 18.8. The first-order chi connectivity index (χ1) is 17.5. The molecule has 36 heavy (non-hydrogen) atoms. The van der Waals surface area contributed by atoms with Crippen molar-refractivity contribution in [2.75, 3.05) is 5.32 Å². The topological polar surface area (TPSA) is 93.8 Å². The average Bonchev–Trinajstić information content (AvgIpc) is 3.33. The number of rotatable bonds is 5. The Hall–Kier alpha value is -4.66. The van der Waals surface area contributed by atoms with E-state index in [1.54, 1.807) is 24.3 Å². The van der Waals surface area contributed by atoms with Crippen molar-refractivity contribution in [3.8, 4) is 11.3 Å². The number of fused-ring (bicyclic) bond motifs is 1. The molecule has 1 amide bonds. The fraction of sp³-hybridized carbons (Fsp3) is 0.111. The molecule has 1 N–H and O–H groups in total. The van der Waals surface area contributed by atoms with Crippen molar-refractivity contribution < 1.29 is 27.7 Å². The van der Waals surface area contributed by atoms with E-state index in [0.29, 0.717) is 41.1 Å². The number of amides is 1. The summed E-state index contributed by atoms with van der Waals surface area (Å²) >= 11 is 0. The van der Waals surface area contributed by atoms with Gasteiger partial charge in [0.15, 0.2) is 5.76 Å². The van der Waals surface area contributed by atoms with Crippen molar-refractivity contribution >= 4 is 23.3 Å². The third-order valence-corrected chi connectivity index (χ3v) is 5.74. The molecule has 4 aromatic rings. The van der Waals surface area contributed by atoms with Crippen LogP contribution in [0.25, 0.3) is 11.3 Å². The molecule has 0 spiro atoms. The maximum Gasteiger partial charge on any atom is 0.367 e. The van der Waals surface area contributed by atoms with Gasteiger partial charge in [-0.25, -0.2) is 13.6 Å². The summed E-state index contributed by atoms with van der Waals surface area (Å²) < 4.78 is 32.9. The quantitative estimate of drug-likeness (QED) is 0.285. The molecule has 1 aliphatic rings. The standard InChI is InChI=1S/C27H19F2N3O4/c28-17-14-12-16(13-15-17)25-24-22(31-35-25)10-5-11-23(24)32-36-27(34)19-7-2-4-9-21(19)30-26(33)18-6-1-3-8-20(18)29/h1-4,6-9,12-15H,5,10-11H2,(H,30,33)/b32-23+. The lowest BCUT2D eigenvalue weighted by molar-refractivity contribution is 0.0516. The summed E-state index contributed by atoms with van der Waals surface area (Å²) in [6, 6.07) is 17.5. The average molecular weight is 487 g/mol. The van der Waals surface area contributed by atoms with Crippen molar-refractivity contribution in [2.24, 2.45) is 5.16 Å². The minimum Gasteiger partial charge on any atom is -0.355 e. The fourth-order valence-corrected chi connectivity index (χ4v) is 3.98. The third-order valence-electron chi connectivity index (χ3n) is 5.74. The summed E-state index contributed by atoms with van der Waals surface area (Å²) in [4.78, 5) is 30.7. The van der Waals surface area contributed by atoms with Crippen LogP contribution in [0.3, 0.4) is 0 Å². The summed E-state index contributed by atoms with van der Waals surface area (Å²) in [5.41, 5.74) is 2.42. The number of halogens is 2. The van der Waals surface area contributed by atoms with E-state index in [2.05, 4.69) is 15.6 Å². The van der Waals surface area contributed by atoms with Gasteiger partial charge in [0.1, 0.15) is 11.6 Å². The first kappa shape index (κ1) is 23.1. The summed E-state index contributed by atoms with van der Waals surface area (Å²) in [5, 5.41) is 10.7. The lowest BCUT2D eigenvalue weighted by Gasteiger charge is -2.13. The van der Waals surface area contributed by atoms with Crippen LogP contribution in [-0.2, 0) is 11.3 Å². The number of carbonyl (C=O) groups excluding carboxylic acids is 2. The van der Waals surface area contributed by atoms with E-state index in [-0.39, 0.29) is 22.6 Å². The minimum absolute atomic E-state index is 0.0478. The molecule has 0 radical (unpaired) electrons. The van der Waals surface area contributed by atoms with Crippen LogP contribution in [0.15, 0.2) is 82.5 Å². The number of anilines is 1. The molecule has 0 saturated heterocycles. The van der Waals surface area contributed by atoms with E-state index in [1.807, 2.05) is 0 Å². The molecule has 0 fully saturated rings. The molecule has 1 heterocycles. The molecule has 3 aromatic carbocycles. The number of aromatic nitrogens is 1. The monoisotopic (exact) mass is 487 g/mol. The van der Waals surface area contributed by atoms with E-state index >= 15 is 0 Å². The highest BCUT2D eigenvalue weighted by atomic mass is 19.1. The summed E-state index contributed by atoms with van der Waals surface area (Å²) in [7, 11) is 0. The number of carbonyl (C=O) groups is 2. The number of nitrogens with zero attached hydrogens (tertiary/aromatic N) is 2. The SMILES string of the molecule is O=C(Nc1ccccc1C(=O)O/N=C1\CCCc2noc(-c3ccc(F)cc3)c21)c1ccccc1F. The Balaban J connectivity index is 1.39. The summed E-state index contributed by atoms with van der Waals surface area (Å²) in [6.07, 6.45) is 1.91. The predicted molar refractivity (Wildman–Crippen MR) is 128 cm³/mol. The molecule has 0 saturated carbocycles. The molecule has 1 aliphatic carbocycles. The zero-order valence-electron chi connectivity index (χ0n) is 18.8. The van der Waals surface area contributed by atoms with Gasteiger partial charge in [-0.05, 0) is 67.8 Å². The van der Waals surface area contributed by atoms with Crippen LogP contribution in [0.5, 0.6) is 0 Å². The van der Waals surface area contributed by atoms with Gasteiger partial charge in [-0.15, -0.1) is 0 Å². The Morgan fingerprint density at radius 1 is 0.917 bits per heavy atom. The van der Waals surface area contributed by atoms with Crippen molar-refractivity contribution in [3.05, 3.63) is 107 Å². The van der Waals surface area contributed by atoms with Crippen LogP contribution < -0.4 is 5.32 Å². The Morgan fingerprint density at radius 2 is 1.64 bits per heavy atom. The molecule has 0 atom stereocenters. The number of hydrogen-bond donors (Lipinski definition) is 1. The number of aryl methyl sites for hydroxylation is 1. The highest BCUT2D eigenvalue weighted by molar-refractivity contribution is 6.09. The van der Waals surface area contributed by atoms with Crippen molar-refractivity contribution in [1.29, 1.82) is 0 Å². The van der Waals surface area contributed by atoms with Crippen molar-refractivity contribution in [2.45, 2.75) is 19.3 Å². The Labute approximate surface area is 204 Å². The maximum atomic E-state index is 14.0. The number of nitrogens with one attached hydrogen (secondary N) is 1. The summed E-state index contributed by atoms with van der Waals surface area (Å²) in [5.74, 6) is -2.16. The van der Waals surface area contributed by atoms with Gasteiger partial charge in [0.25, 0.3) is 5.91 Å². The van der Waals surface area contributed by atoms with Crippen LogP contribution in [0.1, 0.15) is 44.8 Å². The largest absolute Gasteiger partial charge is 0.367 e. The first-order valence-corrected chi connectivity index (χ1v) is 11.2. The molecule has 9 heteroatoms. The zero-order chi connectivity index (χ0) is 25.1. The van der Waals surface area contributed by atoms with Gasteiger partial charge in [-0.1, -0.05) is 34.6 Å². The third kappa shape index (κ3) is 4.63. The van der Waals surface area contributed by atoms with E-state index in [0.717, 1.165) is 6.42 Å². The molecular weight excluding hydrogens is 468 g/mol. The maximum absolute atomic E-state index is 14.0. The number of para-hydroxylation sites is 1. The molecule has 7 nitrogen and oxygen atoms in total. The van der Waals surface area contributed by atoms with Crippen molar-refractivity contribution in [3.63, 3.8) is 0 Å². The van der Waals surface area contributed by atoms with Gasteiger partial charge >= 0.3 is 5.97 Å². The van der Waals surface area contributed by atoms with Crippen LogP contribution in [0.2, 0.25) is 0 Å². The number of benzene rings is 3. The first-order valence-electron chi connectivity index (χ1n) is 11.2. The predicted octanol–water partition coefficient (Wildman–Crippen LogP) is 5.77. The van der Waals surface area contributed by atoms with Gasteiger partial charge in [0, 0.05) is 5.56 Å². The second kappa shape index (κ2) is 9.91. The van der Waals surface area contributed by atoms with E-state index < -0.39 is 17.7 Å².